The molecule has 0 radical (unpaired) electrons. The second kappa shape index (κ2) is 6.58. The summed E-state index contributed by atoms with van der Waals surface area (Å²) in [5, 5.41) is 8.77. The highest BCUT2D eigenvalue weighted by molar-refractivity contribution is 5.81. The van der Waals surface area contributed by atoms with Crippen LogP contribution in [0.1, 0.15) is 53.4 Å². The Kier molecular flexibility index (Phi) is 5.39. The monoisotopic (exact) mass is 248 g/mol. The van der Waals surface area contributed by atoms with Gasteiger partial charge in [0.15, 0.2) is 0 Å². The van der Waals surface area contributed by atoms with Crippen LogP contribution in [0.2, 0.25) is 0 Å². The van der Waals surface area contributed by atoms with E-state index in [9.17, 15) is 4.79 Å². The first-order valence-electron chi connectivity index (χ1n) is 6.79. The summed E-state index contributed by atoms with van der Waals surface area (Å²) in [5.41, 5.74) is 5.17. The summed E-state index contributed by atoms with van der Waals surface area (Å²) >= 11 is 0. The van der Waals surface area contributed by atoms with Crippen LogP contribution < -0.4 is 0 Å². The number of aliphatic carboxylic acids is 1. The van der Waals surface area contributed by atoms with Crippen LogP contribution >= 0.6 is 0 Å². The van der Waals surface area contributed by atoms with Crippen LogP contribution in [0.5, 0.6) is 0 Å². The quantitative estimate of drug-likeness (QED) is 0.744. The molecular formula is C16H24O2. The van der Waals surface area contributed by atoms with Gasteiger partial charge < -0.3 is 5.11 Å². The average molecular weight is 248 g/mol. The van der Waals surface area contributed by atoms with Crippen LogP contribution in [0, 0.1) is 5.92 Å². The van der Waals surface area contributed by atoms with E-state index in [0.717, 1.165) is 18.4 Å². The minimum absolute atomic E-state index is 0.518. The van der Waals surface area contributed by atoms with E-state index in [4.69, 9.17) is 5.11 Å². The maximum absolute atomic E-state index is 10.7. The topological polar surface area (TPSA) is 37.3 Å². The van der Waals surface area contributed by atoms with Gasteiger partial charge in [-0.15, -0.1) is 0 Å². The average Bonchev–Trinajstić information content (AvgIpc) is 2.26. The normalized spacial score (nSPS) is 19.8. The van der Waals surface area contributed by atoms with Gasteiger partial charge in [0.05, 0.1) is 0 Å². The van der Waals surface area contributed by atoms with Gasteiger partial charge in [-0.1, -0.05) is 32.4 Å². The van der Waals surface area contributed by atoms with Crippen molar-refractivity contribution < 1.29 is 9.90 Å². The molecule has 0 heterocycles. The third kappa shape index (κ3) is 3.86. The standard InChI is InChI=1S/C16H24O2/c1-5-13-7-6-8-14(16(13)11(2)3)9-12(4)10-15(17)18/h9-11H,5-8H2,1-4H3,(H,17,18). The van der Waals surface area contributed by atoms with Crippen molar-refractivity contribution in [2.45, 2.75) is 53.4 Å². The summed E-state index contributed by atoms with van der Waals surface area (Å²) in [6.07, 6.45) is 7.90. The molecule has 0 aromatic heterocycles. The van der Waals surface area contributed by atoms with Crippen LogP contribution in [0.25, 0.3) is 0 Å². The van der Waals surface area contributed by atoms with Crippen LogP contribution in [-0.2, 0) is 4.79 Å². The zero-order chi connectivity index (χ0) is 13.7. The molecule has 0 spiro atoms. The van der Waals surface area contributed by atoms with Crippen LogP contribution in [0.4, 0.5) is 0 Å². The molecule has 2 heteroatoms. The van der Waals surface area contributed by atoms with Gasteiger partial charge in [-0.25, -0.2) is 4.79 Å². The molecule has 100 valence electrons. The van der Waals surface area contributed by atoms with Crippen molar-refractivity contribution in [3.8, 4) is 0 Å². The Labute approximate surface area is 110 Å². The predicted octanol–water partition coefficient (Wildman–Crippen LogP) is 4.49. The maximum Gasteiger partial charge on any atom is 0.328 e. The number of carboxylic acid groups (broad SMARTS) is 1. The lowest BCUT2D eigenvalue weighted by Gasteiger charge is -2.26. The molecule has 0 aromatic carbocycles. The first kappa shape index (κ1) is 14.7. The molecule has 0 fully saturated rings. The predicted molar refractivity (Wildman–Crippen MR) is 75.5 cm³/mol. The largest absolute Gasteiger partial charge is 0.478 e. The highest BCUT2D eigenvalue weighted by Gasteiger charge is 2.18. The Balaban J connectivity index is 3.14. The fourth-order valence-corrected chi connectivity index (χ4v) is 2.80. The lowest BCUT2D eigenvalue weighted by Crippen LogP contribution is -2.08. The molecule has 0 unspecified atom stereocenters. The minimum atomic E-state index is -0.869. The van der Waals surface area contributed by atoms with E-state index in [1.807, 2.05) is 6.92 Å². The van der Waals surface area contributed by atoms with Gasteiger partial charge in [-0.05, 0) is 55.2 Å². The maximum atomic E-state index is 10.7. The minimum Gasteiger partial charge on any atom is -0.478 e. The summed E-state index contributed by atoms with van der Waals surface area (Å²) in [7, 11) is 0. The van der Waals surface area contributed by atoms with Gasteiger partial charge in [0.2, 0.25) is 0 Å². The van der Waals surface area contributed by atoms with E-state index < -0.39 is 5.97 Å². The highest BCUT2D eigenvalue weighted by Crippen LogP contribution is 2.36. The first-order valence-corrected chi connectivity index (χ1v) is 6.79. The lowest BCUT2D eigenvalue weighted by atomic mass is 9.80. The summed E-state index contributed by atoms with van der Waals surface area (Å²) in [4.78, 5) is 10.7. The van der Waals surface area contributed by atoms with Gasteiger partial charge in [0.25, 0.3) is 0 Å². The molecule has 1 rings (SSSR count). The SMILES string of the molecule is CCC1=C(C(C)C)C(=CC(C)=CC(=O)O)CCC1. The van der Waals surface area contributed by atoms with Crippen LogP contribution in [0.3, 0.4) is 0 Å². The number of allylic oxidation sites excluding steroid dienone is 5. The van der Waals surface area contributed by atoms with Gasteiger partial charge in [0.1, 0.15) is 0 Å². The summed E-state index contributed by atoms with van der Waals surface area (Å²) in [6, 6.07) is 0. The smallest absolute Gasteiger partial charge is 0.328 e. The molecule has 0 bridgehead atoms. The number of carboxylic acids is 1. The number of hydrogen-bond acceptors (Lipinski definition) is 1. The Morgan fingerprint density at radius 1 is 1.39 bits per heavy atom. The molecule has 0 amide bonds. The molecule has 0 saturated carbocycles. The molecule has 0 aliphatic heterocycles. The molecule has 0 saturated heterocycles. The van der Waals surface area contributed by atoms with E-state index >= 15 is 0 Å². The highest BCUT2D eigenvalue weighted by atomic mass is 16.4. The fraction of sp³-hybridized carbons (Fsp3) is 0.562. The molecule has 0 aromatic rings. The third-order valence-electron chi connectivity index (χ3n) is 3.41. The molecule has 1 aliphatic rings. The number of rotatable bonds is 4. The number of carbonyl (C=O) groups is 1. The van der Waals surface area contributed by atoms with Crippen LogP contribution in [-0.4, -0.2) is 11.1 Å². The van der Waals surface area contributed by atoms with Gasteiger partial charge in [0, 0.05) is 6.08 Å². The second-order valence-corrected chi connectivity index (χ2v) is 5.28. The van der Waals surface area contributed by atoms with Crippen LogP contribution in [0.15, 0.2) is 34.4 Å². The Morgan fingerprint density at radius 3 is 2.56 bits per heavy atom. The van der Waals surface area contributed by atoms with Gasteiger partial charge in [-0.3, -0.25) is 0 Å². The zero-order valence-electron chi connectivity index (χ0n) is 11.9. The van der Waals surface area contributed by atoms with Crippen molar-refractivity contribution in [1.82, 2.24) is 0 Å². The molecular weight excluding hydrogens is 224 g/mol. The fourth-order valence-electron chi connectivity index (χ4n) is 2.80. The van der Waals surface area contributed by atoms with Crippen molar-refractivity contribution in [2.75, 3.05) is 0 Å². The second-order valence-electron chi connectivity index (χ2n) is 5.28. The van der Waals surface area contributed by atoms with Crippen molar-refractivity contribution in [3.63, 3.8) is 0 Å². The third-order valence-corrected chi connectivity index (χ3v) is 3.41. The summed E-state index contributed by atoms with van der Waals surface area (Å²) in [6.45, 7) is 8.51. The van der Waals surface area contributed by atoms with Gasteiger partial charge in [-0.2, -0.15) is 0 Å². The van der Waals surface area contributed by atoms with E-state index in [1.165, 1.54) is 30.1 Å². The molecule has 18 heavy (non-hydrogen) atoms. The Bertz CT molecular complexity index is 409. The zero-order valence-corrected chi connectivity index (χ0v) is 11.9. The summed E-state index contributed by atoms with van der Waals surface area (Å²) in [5.74, 6) is -0.352. The molecule has 1 aliphatic carbocycles. The van der Waals surface area contributed by atoms with E-state index in [-0.39, 0.29) is 0 Å². The number of hydrogen-bond donors (Lipinski definition) is 1. The molecule has 2 nitrogen and oxygen atoms in total. The van der Waals surface area contributed by atoms with E-state index in [0.29, 0.717) is 5.92 Å². The van der Waals surface area contributed by atoms with Crippen molar-refractivity contribution in [2.24, 2.45) is 5.92 Å². The van der Waals surface area contributed by atoms with E-state index in [1.54, 1.807) is 5.57 Å². The van der Waals surface area contributed by atoms with Crippen molar-refractivity contribution in [1.29, 1.82) is 0 Å². The van der Waals surface area contributed by atoms with Gasteiger partial charge >= 0.3 is 5.97 Å². The van der Waals surface area contributed by atoms with Crippen molar-refractivity contribution >= 4 is 5.97 Å². The van der Waals surface area contributed by atoms with Crippen molar-refractivity contribution in [3.05, 3.63) is 34.4 Å². The first-order chi connectivity index (χ1) is 8.45. The Hall–Kier alpha value is -1.31. The lowest BCUT2D eigenvalue weighted by molar-refractivity contribution is -0.131. The molecule has 1 N–H and O–H groups in total. The van der Waals surface area contributed by atoms with E-state index in [2.05, 4.69) is 26.8 Å². The molecule has 0 atom stereocenters. The Morgan fingerprint density at radius 2 is 2.06 bits per heavy atom. The summed E-state index contributed by atoms with van der Waals surface area (Å²) < 4.78 is 0.